The van der Waals surface area contributed by atoms with Crippen LogP contribution < -0.4 is 5.32 Å². The van der Waals surface area contributed by atoms with Gasteiger partial charge in [0.2, 0.25) is 6.29 Å². The van der Waals surface area contributed by atoms with Crippen LogP contribution in [0.4, 0.5) is 0 Å². The first-order chi connectivity index (χ1) is 8.13. The molecule has 0 spiro atoms. The lowest BCUT2D eigenvalue weighted by molar-refractivity contribution is -0.187. The average Bonchev–Trinajstić information content (AvgIpc) is 2.11. The molecule has 0 amide bonds. The summed E-state index contributed by atoms with van der Waals surface area (Å²) in [5, 5.41) is 3.58. The van der Waals surface area contributed by atoms with Crippen molar-refractivity contribution in [3.8, 4) is 0 Å². The zero-order chi connectivity index (χ0) is 14.0. The predicted molar refractivity (Wildman–Crippen MR) is 71.2 cm³/mol. The van der Waals surface area contributed by atoms with Gasteiger partial charge in [0.25, 0.3) is 0 Å². The summed E-state index contributed by atoms with van der Waals surface area (Å²) < 4.78 is 10.8. The first kappa shape index (κ1) is 15.2. The number of piperidine rings is 1. The fourth-order valence-electron chi connectivity index (χ4n) is 2.84. The fraction of sp³-hybridized carbons (Fsp3) is 0.786. The summed E-state index contributed by atoms with van der Waals surface area (Å²) >= 11 is 0. The lowest BCUT2D eigenvalue weighted by atomic mass is 9.81. The number of esters is 1. The SMILES string of the molecule is C=CC(=O)OC(C)OC1CC(C)(C)NC(C)(C)C1. The van der Waals surface area contributed by atoms with Crippen LogP contribution in [0.2, 0.25) is 0 Å². The molecule has 1 N–H and O–H groups in total. The van der Waals surface area contributed by atoms with Crippen molar-refractivity contribution >= 4 is 5.97 Å². The third kappa shape index (κ3) is 4.78. The van der Waals surface area contributed by atoms with Gasteiger partial charge < -0.3 is 14.8 Å². The summed E-state index contributed by atoms with van der Waals surface area (Å²) in [6.07, 6.45) is 2.49. The Hall–Kier alpha value is -0.870. The van der Waals surface area contributed by atoms with E-state index in [2.05, 4.69) is 39.6 Å². The first-order valence-corrected chi connectivity index (χ1v) is 6.41. The Labute approximate surface area is 110 Å². The number of nitrogens with one attached hydrogen (secondary N) is 1. The van der Waals surface area contributed by atoms with E-state index >= 15 is 0 Å². The summed E-state index contributed by atoms with van der Waals surface area (Å²) in [6.45, 7) is 13.7. The first-order valence-electron chi connectivity index (χ1n) is 6.41. The van der Waals surface area contributed by atoms with Crippen molar-refractivity contribution in [3.63, 3.8) is 0 Å². The molecule has 1 aliphatic heterocycles. The number of carbonyl (C=O) groups excluding carboxylic acids is 1. The monoisotopic (exact) mass is 255 g/mol. The van der Waals surface area contributed by atoms with Crippen LogP contribution >= 0.6 is 0 Å². The highest BCUT2D eigenvalue weighted by Crippen LogP contribution is 2.30. The molecule has 18 heavy (non-hydrogen) atoms. The van der Waals surface area contributed by atoms with Gasteiger partial charge in [-0.25, -0.2) is 4.79 Å². The zero-order valence-corrected chi connectivity index (χ0v) is 12.1. The van der Waals surface area contributed by atoms with E-state index in [0.717, 1.165) is 18.9 Å². The van der Waals surface area contributed by atoms with Crippen LogP contribution in [0.5, 0.6) is 0 Å². The Bertz CT molecular complexity index is 307. The van der Waals surface area contributed by atoms with Gasteiger partial charge in [0.1, 0.15) is 0 Å². The van der Waals surface area contributed by atoms with E-state index in [0.29, 0.717) is 0 Å². The number of hydrogen-bond donors (Lipinski definition) is 1. The topological polar surface area (TPSA) is 47.6 Å². The fourth-order valence-corrected chi connectivity index (χ4v) is 2.84. The van der Waals surface area contributed by atoms with E-state index in [1.165, 1.54) is 0 Å². The molecule has 1 fully saturated rings. The van der Waals surface area contributed by atoms with Crippen LogP contribution in [-0.4, -0.2) is 29.4 Å². The molecule has 0 aliphatic carbocycles. The van der Waals surface area contributed by atoms with E-state index < -0.39 is 12.3 Å². The lowest BCUT2D eigenvalue weighted by Gasteiger charge is -2.46. The van der Waals surface area contributed by atoms with Crippen LogP contribution in [0.15, 0.2) is 12.7 Å². The van der Waals surface area contributed by atoms with E-state index in [-0.39, 0.29) is 17.2 Å². The second kappa shape index (κ2) is 5.41. The van der Waals surface area contributed by atoms with Crippen molar-refractivity contribution in [3.05, 3.63) is 12.7 Å². The summed E-state index contributed by atoms with van der Waals surface area (Å²) in [6, 6.07) is 0. The normalized spacial score (nSPS) is 24.3. The Morgan fingerprint density at radius 1 is 1.33 bits per heavy atom. The molecule has 4 heteroatoms. The van der Waals surface area contributed by atoms with E-state index in [1.807, 2.05) is 0 Å². The van der Waals surface area contributed by atoms with Crippen molar-refractivity contribution in [2.24, 2.45) is 0 Å². The minimum absolute atomic E-state index is 0.0224. The number of carbonyl (C=O) groups is 1. The van der Waals surface area contributed by atoms with Gasteiger partial charge >= 0.3 is 5.97 Å². The molecule has 0 bridgehead atoms. The third-order valence-corrected chi connectivity index (χ3v) is 2.99. The van der Waals surface area contributed by atoms with Gasteiger partial charge in [-0.05, 0) is 47.5 Å². The molecule has 0 radical (unpaired) electrons. The molecular weight excluding hydrogens is 230 g/mol. The van der Waals surface area contributed by atoms with Gasteiger partial charge in [-0.1, -0.05) is 6.58 Å². The predicted octanol–water partition coefficient (Wildman–Crippen LogP) is 2.39. The van der Waals surface area contributed by atoms with Crippen LogP contribution in [0.3, 0.4) is 0 Å². The summed E-state index contributed by atoms with van der Waals surface area (Å²) in [5.74, 6) is -0.449. The molecule has 1 atom stereocenters. The number of hydrogen-bond acceptors (Lipinski definition) is 4. The van der Waals surface area contributed by atoms with E-state index in [4.69, 9.17) is 9.47 Å². The maximum Gasteiger partial charge on any atom is 0.332 e. The quantitative estimate of drug-likeness (QED) is 0.476. The summed E-state index contributed by atoms with van der Waals surface area (Å²) in [5.41, 5.74) is 0.0448. The maximum atomic E-state index is 11.1. The smallest absolute Gasteiger partial charge is 0.332 e. The van der Waals surface area contributed by atoms with Crippen LogP contribution in [0, 0.1) is 0 Å². The largest absolute Gasteiger partial charge is 0.433 e. The van der Waals surface area contributed by atoms with Crippen molar-refractivity contribution in [1.29, 1.82) is 0 Å². The number of rotatable bonds is 4. The van der Waals surface area contributed by atoms with Crippen molar-refractivity contribution < 1.29 is 14.3 Å². The number of ether oxygens (including phenoxy) is 2. The van der Waals surface area contributed by atoms with Gasteiger partial charge in [-0.2, -0.15) is 0 Å². The van der Waals surface area contributed by atoms with Crippen LogP contribution in [-0.2, 0) is 14.3 Å². The minimum Gasteiger partial charge on any atom is -0.433 e. The van der Waals surface area contributed by atoms with Crippen molar-refractivity contribution in [2.45, 2.75) is 70.9 Å². The molecule has 0 saturated carbocycles. The molecule has 1 saturated heterocycles. The van der Waals surface area contributed by atoms with Gasteiger partial charge in [-0.15, -0.1) is 0 Å². The lowest BCUT2D eigenvalue weighted by Crippen LogP contribution is -2.59. The highest BCUT2D eigenvalue weighted by atomic mass is 16.7. The van der Waals surface area contributed by atoms with Gasteiger partial charge in [0.15, 0.2) is 0 Å². The molecular formula is C14H25NO3. The summed E-state index contributed by atoms with van der Waals surface area (Å²) in [7, 11) is 0. The molecule has 4 nitrogen and oxygen atoms in total. The molecule has 0 aromatic carbocycles. The third-order valence-electron chi connectivity index (χ3n) is 2.99. The van der Waals surface area contributed by atoms with Crippen molar-refractivity contribution in [1.82, 2.24) is 5.32 Å². The Morgan fingerprint density at radius 2 is 1.83 bits per heavy atom. The second-order valence-electron chi connectivity index (χ2n) is 6.27. The van der Waals surface area contributed by atoms with Crippen LogP contribution in [0.25, 0.3) is 0 Å². The minimum atomic E-state index is -0.537. The molecule has 1 rings (SSSR count). The highest BCUT2D eigenvalue weighted by molar-refractivity contribution is 5.81. The maximum absolute atomic E-state index is 11.1. The van der Waals surface area contributed by atoms with Crippen LogP contribution in [0.1, 0.15) is 47.5 Å². The highest BCUT2D eigenvalue weighted by Gasteiger charge is 2.38. The molecule has 1 heterocycles. The zero-order valence-electron chi connectivity index (χ0n) is 12.1. The Balaban J connectivity index is 2.56. The van der Waals surface area contributed by atoms with E-state index in [9.17, 15) is 4.79 Å². The van der Waals surface area contributed by atoms with Gasteiger partial charge in [0, 0.05) is 17.2 Å². The van der Waals surface area contributed by atoms with Crippen molar-refractivity contribution in [2.75, 3.05) is 0 Å². The molecule has 104 valence electrons. The van der Waals surface area contributed by atoms with E-state index in [1.54, 1.807) is 6.92 Å². The second-order valence-corrected chi connectivity index (χ2v) is 6.27. The molecule has 1 aliphatic rings. The summed E-state index contributed by atoms with van der Waals surface area (Å²) in [4.78, 5) is 11.1. The Kier molecular flexibility index (Phi) is 4.56. The van der Waals surface area contributed by atoms with Gasteiger partial charge in [-0.3, -0.25) is 0 Å². The van der Waals surface area contributed by atoms with Gasteiger partial charge in [0.05, 0.1) is 6.10 Å². The average molecular weight is 255 g/mol. The molecule has 0 aromatic rings. The molecule has 1 unspecified atom stereocenters. The molecule has 0 aromatic heterocycles. The standard InChI is InChI=1S/C14H25NO3/c1-7-12(16)18-10(2)17-11-8-13(3,4)15-14(5,6)9-11/h7,10-11,15H,1,8-9H2,2-6H3. The Morgan fingerprint density at radius 3 is 2.28 bits per heavy atom.